The van der Waals surface area contributed by atoms with Crippen LogP contribution in [0.4, 0.5) is 0 Å². The molecule has 0 amide bonds. The molecule has 0 radical (unpaired) electrons. The summed E-state index contributed by atoms with van der Waals surface area (Å²) in [4.78, 5) is 15.3. The highest BCUT2D eigenvalue weighted by Crippen LogP contribution is 2.11. The molecule has 98 valence electrons. The molecule has 0 aromatic carbocycles. The Labute approximate surface area is 106 Å². The van der Waals surface area contributed by atoms with Crippen LogP contribution in [-0.4, -0.2) is 34.3 Å². The van der Waals surface area contributed by atoms with Crippen LogP contribution in [0.25, 0.3) is 6.08 Å². The number of aryl methyl sites for hydroxylation is 1. The van der Waals surface area contributed by atoms with Gasteiger partial charge in [-0.15, -0.1) is 0 Å². The highest BCUT2D eigenvalue weighted by Gasteiger charge is 2.05. The Morgan fingerprint density at radius 2 is 2.33 bits per heavy atom. The summed E-state index contributed by atoms with van der Waals surface area (Å²) in [5, 5.41) is 8.93. The molecule has 1 heterocycles. The Morgan fingerprint density at radius 1 is 1.61 bits per heavy atom. The van der Waals surface area contributed by atoms with Crippen LogP contribution in [0, 0.1) is 0 Å². The maximum Gasteiger partial charge on any atom is 0.330 e. The molecule has 0 unspecified atom stereocenters. The standard InChI is InChI=1S/C13H18N2O3/c1-10(8-16)4-5-11-12(15(2)9-14-11)6-7-13(17)18-3/h4,6-7,9,16H,5,8H2,1-3H3/b7-6+,10-4-. The minimum atomic E-state index is -0.399. The van der Waals surface area contributed by atoms with Crippen LogP contribution in [-0.2, 0) is 23.0 Å². The summed E-state index contributed by atoms with van der Waals surface area (Å²) in [5.41, 5.74) is 2.59. The minimum absolute atomic E-state index is 0.0418. The summed E-state index contributed by atoms with van der Waals surface area (Å²) in [6.07, 6.45) is 7.26. The average molecular weight is 250 g/mol. The molecule has 0 spiro atoms. The first-order valence-electron chi connectivity index (χ1n) is 5.61. The Morgan fingerprint density at radius 3 is 2.94 bits per heavy atom. The number of nitrogens with zero attached hydrogens (tertiary/aromatic N) is 2. The van der Waals surface area contributed by atoms with Crippen molar-refractivity contribution >= 4 is 12.0 Å². The molecule has 1 aromatic rings. The van der Waals surface area contributed by atoms with E-state index in [4.69, 9.17) is 5.11 Å². The number of rotatable bonds is 5. The summed E-state index contributed by atoms with van der Waals surface area (Å²) >= 11 is 0. The molecule has 18 heavy (non-hydrogen) atoms. The van der Waals surface area contributed by atoms with Crippen LogP contribution >= 0.6 is 0 Å². The number of carbonyl (C=O) groups excluding carboxylic acids is 1. The average Bonchev–Trinajstić information content (AvgIpc) is 2.73. The van der Waals surface area contributed by atoms with E-state index in [1.165, 1.54) is 13.2 Å². The fourth-order valence-corrected chi connectivity index (χ4v) is 1.41. The molecule has 1 N–H and O–H groups in total. The molecular weight excluding hydrogens is 232 g/mol. The van der Waals surface area contributed by atoms with Gasteiger partial charge in [-0.2, -0.15) is 0 Å². The van der Waals surface area contributed by atoms with Gasteiger partial charge in [-0.25, -0.2) is 9.78 Å². The number of ether oxygens (including phenoxy) is 1. The third kappa shape index (κ3) is 3.85. The highest BCUT2D eigenvalue weighted by molar-refractivity contribution is 5.86. The first-order chi connectivity index (χ1) is 8.58. The third-order valence-corrected chi connectivity index (χ3v) is 2.53. The topological polar surface area (TPSA) is 64.3 Å². The van der Waals surface area contributed by atoms with Gasteiger partial charge >= 0.3 is 5.97 Å². The van der Waals surface area contributed by atoms with Crippen molar-refractivity contribution < 1.29 is 14.6 Å². The van der Waals surface area contributed by atoms with Crippen LogP contribution in [0.3, 0.4) is 0 Å². The van der Waals surface area contributed by atoms with E-state index < -0.39 is 5.97 Å². The summed E-state index contributed by atoms with van der Waals surface area (Å²) in [6.45, 7) is 1.90. The lowest BCUT2D eigenvalue weighted by molar-refractivity contribution is -0.134. The number of hydrogen-bond donors (Lipinski definition) is 1. The van der Waals surface area contributed by atoms with Crippen molar-refractivity contribution in [1.29, 1.82) is 0 Å². The van der Waals surface area contributed by atoms with Crippen molar-refractivity contribution in [1.82, 2.24) is 9.55 Å². The molecule has 0 aliphatic heterocycles. The second kappa shape index (κ2) is 6.76. The number of esters is 1. The molecule has 0 aliphatic rings. The lowest BCUT2D eigenvalue weighted by atomic mass is 10.2. The first-order valence-corrected chi connectivity index (χ1v) is 5.61. The van der Waals surface area contributed by atoms with E-state index in [-0.39, 0.29) is 6.61 Å². The first kappa shape index (κ1) is 14.2. The Bertz CT molecular complexity index is 473. The lowest BCUT2D eigenvalue weighted by Crippen LogP contribution is -1.97. The van der Waals surface area contributed by atoms with Crippen LogP contribution in [0.15, 0.2) is 24.1 Å². The van der Waals surface area contributed by atoms with Gasteiger partial charge in [0.1, 0.15) is 0 Å². The number of imidazole rings is 1. The number of carbonyl (C=O) groups is 1. The zero-order valence-electron chi connectivity index (χ0n) is 10.9. The number of aromatic nitrogens is 2. The van der Waals surface area contributed by atoms with E-state index in [0.29, 0.717) is 6.42 Å². The van der Waals surface area contributed by atoms with Gasteiger partial charge in [-0.05, 0) is 13.0 Å². The van der Waals surface area contributed by atoms with Crippen LogP contribution in [0.2, 0.25) is 0 Å². The van der Waals surface area contributed by atoms with E-state index in [2.05, 4.69) is 9.72 Å². The van der Waals surface area contributed by atoms with E-state index in [9.17, 15) is 4.79 Å². The SMILES string of the molecule is COC(=O)/C=C/c1c(C/C=C(/C)CO)ncn1C. The number of methoxy groups -OCH3 is 1. The smallest absolute Gasteiger partial charge is 0.330 e. The summed E-state index contributed by atoms with van der Waals surface area (Å²) < 4.78 is 6.37. The van der Waals surface area contributed by atoms with Gasteiger partial charge in [-0.1, -0.05) is 11.6 Å². The Kier molecular flexibility index (Phi) is 5.32. The Balaban J connectivity index is 2.88. The second-order valence-corrected chi connectivity index (χ2v) is 3.96. The zero-order valence-corrected chi connectivity index (χ0v) is 10.9. The van der Waals surface area contributed by atoms with Gasteiger partial charge in [0.05, 0.1) is 31.4 Å². The largest absolute Gasteiger partial charge is 0.466 e. The van der Waals surface area contributed by atoms with Crippen molar-refractivity contribution in [3.63, 3.8) is 0 Å². The van der Waals surface area contributed by atoms with Crippen molar-refractivity contribution in [3.05, 3.63) is 35.4 Å². The number of aliphatic hydroxyl groups is 1. The van der Waals surface area contributed by atoms with Gasteiger partial charge in [-0.3, -0.25) is 0 Å². The quantitative estimate of drug-likeness (QED) is 0.482. The molecule has 0 bridgehead atoms. The molecule has 0 saturated carbocycles. The maximum absolute atomic E-state index is 11.1. The van der Waals surface area contributed by atoms with E-state index in [0.717, 1.165) is 17.0 Å². The molecule has 5 nitrogen and oxygen atoms in total. The monoisotopic (exact) mass is 250 g/mol. The zero-order chi connectivity index (χ0) is 13.5. The molecule has 1 aromatic heterocycles. The molecular formula is C13H18N2O3. The molecule has 0 atom stereocenters. The third-order valence-electron chi connectivity index (χ3n) is 2.53. The van der Waals surface area contributed by atoms with Crippen molar-refractivity contribution in [3.8, 4) is 0 Å². The van der Waals surface area contributed by atoms with Crippen molar-refractivity contribution in [2.24, 2.45) is 7.05 Å². The normalized spacial score (nSPS) is 12.1. The second-order valence-electron chi connectivity index (χ2n) is 3.96. The molecule has 0 aliphatic carbocycles. The van der Waals surface area contributed by atoms with E-state index >= 15 is 0 Å². The number of aliphatic hydroxyl groups excluding tert-OH is 1. The fraction of sp³-hybridized carbons (Fsp3) is 0.385. The minimum Gasteiger partial charge on any atom is -0.466 e. The van der Waals surface area contributed by atoms with E-state index in [1.807, 2.05) is 24.6 Å². The van der Waals surface area contributed by atoms with Gasteiger partial charge in [0, 0.05) is 19.5 Å². The van der Waals surface area contributed by atoms with Crippen LogP contribution in [0.1, 0.15) is 18.3 Å². The number of hydrogen-bond acceptors (Lipinski definition) is 4. The summed E-state index contributed by atoms with van der Waals surface area (Å²) in [6, 6.07) is 0. The molecule has 0 fully saturated rings. The predicted octanol–water partition coefficient (Wildman–Crippen LogP) is 1.09. The van der Waals surface area contributed by atoms with Gasteiger partial charge in [0.2, 0.25) is 0 Å². The highest BCUT2D eigenvalue weighted by atomic mass is 16.5. The summed E-state index contributed by atoms with van der Waals surface area (Å²) in [7, 11) is 3.19. The molecule has 0 saturated heterocycles. The van der Waals surface area contributed by atoms with Gasteiger partial charge < -0.3 is 14.4 Å². The lowest BCUT2D eigenvalue weighted by Gasteiger charge is -2.00. The summed E-state index contributed by atoms with van der Waals surface area (Å²) in [5.74, 6) is -0.399. The number of allylic oxidation sites excluding steroid dienone is 1. The molecule has 5 heteroatoms. The Hall–Kier alpha value is -1.88. The van der Waals surface area contributed by atoms with Crippen molar-refractivity contribution in [2.75, 3.05) is 13.7 Å². The van der Waals surface area contributed by atoms with Gasteiger partial charge in [0.25, 0.3) is 0 Å². The molecule has 1 rings (SSSR count). The predicted molar refractivity (Wildman–Crippen MR) is 68.8 cm³/mol. The maximum atomic E-state index is 11.1. The van der Waals surface area contributed by atoms with Crippen molar-refractivity contribution in [2.45, 2.75) is 13.3 Å². The van der Waals surface area contributed by atoms with Gasteiger partial charge in [0.15, 0.2) is 0 Å². The fourth-order valence-electron chi connectivity index (χ4n) is 1.41. The van der Waals surface area contributed by atoms with E-state index in [1.54, 1.807) is 12.4 Å². The van der Waals surface area contributed by atoms with Crippen LogP contribution in [0.5, 0.6) is 0 Å². The van der Waals surface area contributed by atoms with Crippen LogP contribution < -0.4 is 0 Å².